The topological polar surface area (TPSA) is 406 Å². The van der Waals surface area contributed by atoms with Crippen molar-refractivity contribution in [2.24, 2.45) is 42.3 Å². The molecule has 0 fully saturated rings. The molecule has 0 saturated heterocycles. The second-order valence-corrected chi connectivity index (χ2v) is 20.6. The van der Waals surface area contributed by atoms with E-state index < -0.39 is 83.4 Å². The Labute approximate surface area is 515 Å². The van der Waals surface area contributed by atoms with Crippen LogP contribution in [0.25, 0.3) is 0 Å². The van der Waals surface area contributed by atoms with Gasteiger partial charge in [0.05, 0.1) is 17.1 Å². The first-order chi connectivity index (χ1) is 43.1. The third kappa shape index (κ3) is 18.8. The second kappa shape index (κ2) is 30.0. The number of carbonyl (C=O) groups is 11. The Morgan fingerprint density at radius 3 is 1.34 bits per heavy atom. The first kappa shape index (κ1) is 67.2. The van der Waals surface area contributed by atoms with E-state index in [1.807, 2.05) is 6.92 Å². The minimum atomic E-state index is -4.81. The van der Waals surface area contributed by atoms with E-state index in [9.17, 15) is 65.9 Å². The van der Waals surface area contributed by atoms with Gasteiger partial charge in [0.15, 0.2) is 23.3 Å². The first-order valence-corrected chi connectivity index (χ1v) is 28.0. The molecule has 0 aliphatic rings. The number of halogens is 3. The van der Waals surface area contributed by atoms with Crippen molar-refractivity contribution in [1.82, 2.24) is 78.5 Å². The molecule has 91 heavy (non-hydrogen) atoms. The lowest BCUT2D eigenvalue weighted by Crippen LogP contribution is -2.32. The van der Waals surface area contributed by atoms with E-state index in [-0.39, 0.29) is 122 Å². The van der Waals surface area contributed by atoms with Crippen LogP contribution in [0.2, 0.25) is 0 Å². The van der Waals surface area contributed by atoms with Crippen LogP contribution in [0.15, 0.2) is 67.8 Å². The van der Waals surface area contributed by atoms with E-state index in [2.05, 4.69) is 78.4 Å². The van der Waals surface area contributed by atoms with Crippen LogP contribution >= 0.6 is 0 Å². The van der Waals surface area contributed by atoms with Crippen molar-refractivity contribution >= 4 is 99.5 Å². The van der Waals surface area contributed by atoms with Gasteiger partial charge in [-0.1, -0.05) is 6.92 Å². The van der Waals surface area contributed by atoms with Gasteiger partial charge in [0, 0.05) is 150 Å². The molecule has 7 aromatic heterocycles. The fourth-order valence-electron chi connectivity index (χ4n) is 8.81. The zero-order chi connectivity index (χ0) is 66.3. The van der Waals surface area contributed by atoms with Gasteiger partial charge in [-0.25, -0.2) is 19.9 Å². The molecule has 0 radical (unpaired) electrons. The summed E-state index contributed by atoms with van der Waals surface area (Å²) in [7, 11) is 9.34. The highest BCUT2D eigenvalue weighted by Crippen LogP contribution is 2.23. The Morgan fingerprint density at radius 1 is 0.407 bits per heavy atom. The number of hydrogen-bond donors (Lipinski definition) is 11. The summed E-state index contributed by atoms with van der Waals surface area (Å²) in [4.78, 5) is 157. The number of nitrogens with one attached hydrogen (secondary N) is 11. The lowest BCUT2D eigenvalue weighted by Gasteiger charge is -2.10. The molecule has 0 aromatic carbocycles. The van der Waals surface area contributed by atoms with Gasteiger partial charge in [-0.2, -0.15) is 13.2 Å². The molecule has 484 valence electrons. The van der Waals surface area contributed by atoms with Crippen molar-refractivity contribution in [2.45, 2.75) is 58.2 Å². The van der Waals surface area contributed by atoms with E-state index in [0.29, 0.717) is 16.8 Å². The maximum Gasteiger partial charge on any atom is 0.406 e. The van der Waals surface area contributed by atoms with Crippen molar-refractivity contribution in [3.63, 3.8) is 0 Å². The lowest BCUT2D eigenvalue weighted by atomic mass is 10.3. The highest BCUT2D eigenvalue weighted by atomic mass is 19.4. The molecular formula is C55H67F3N22O11. The van der Waals surface area contributed by atoms with Crippen LogP contribution in [0.5, 0.6) is 0 Å². The van der Waals surface area contributed by atoms with Crippen molar-refractivity contribution in [2.75, 3.05) is 64.6 Å². The maximum absolute atomic E-state index is 13.6. The van der Waals surface area contributed by atoms with E-state index in [1.54, 1.807) is 34.4 Å². The molecule has 0 atom stereocenters. The predicted molar refractivity (Wildman–Crippen MR) is 320 cm³/mol. The smallest absolute Gasteiger partial charge is 0.356 e. The quantitative estimate of drug-likeness (QED) is 0.0298. The molecule has 0 aliphatic carbocycles. The molecule has 0 bridgehead atoms. The summed E-state index contributed by atoms with van der Waals surface area (Å²) in [6.45, 7) is 0.569. The van der Waals surface area contributed by atoms with Crippen molar-refractivity contribution in [3.05, 3.63) is 108 Å². The van der Waals surface area contributed by atoms with Gasteiger partial charge in [0.1, 0.15) is 23.6 Å². The number of alkyl halides is 3. The number of aryl methyl sites for hydroxylation is 6. The number of aromatic nitrogens is 11. The summed E-state index contributed by atoms with van der Waals surface area (Å²) < 4.78 is 50.0. The van der Waals surface area contributed by atoms with Gasteiger partial charge in [0.2, 0.25) is 41.1 Å². The summed E-state index contributed by atoms with van der Waals surface area (Å²) in [5.41, 5.74) is 0.896. The van der Waals surface area contributed by atoms with Crippen LogP contribution in [-0.2, 0) is 68.0 Å². The van der Waals surface area contributed by atoms with Gasteiger partial charge in [-0.15, -0.1) is 0 Å². The second-order valence-electron chi connectivity index (χ2n) is 20.6. The minimum absolute atomic E-state index is 0.00134. The number of nitrogens with zero attached hydrogens (tertiary/aromatic N) is 11. The van der Waals surface area contributed by atoms with Crippen LogP contribution in [0.3, 0.4) is 0 Å². The number of anilines is 6. The summed E-state index contributed by atoms with van der Waals surface area (Å²) >= 11 is 0. The van der Waals surface area contributed by atoms with Crippen LogP contribution in [-0.4, -0.2) is 156 Å². The average molecular weight is 1270 g/mol. The number of rotatable bonds is 29. The Bertz CT molecular complexity index is 3900. The number of amides is 11. The Hall–Kier alpha value is -11.4. The summed E-state index contributed by atoms with van der Waals surface area (Å²) in [5, 5.41) is 28.4. The molecule has 7 heterocycles. The molecule has 0 spiro atoms. The molecule has 0 aliphatic heterocycles. The lowest BCUT2D eigenvalue weighted by molar-refractivity contribution is -0.140. The minimum Gasteiger partial charge on any atom is -0.356 e. The van der Waals surface area contributed by atoms with E-state index in [1.165, 1.54) is 96.9 Å². The summed E-state index contributed by atoms with van der Waals surface area (Å²) in [5.74, 6) is -7.52. The Morgan fingerprint density at radius 2 is 0.835 bits per heavy atom. The highest BCUT2D eigenvalue weighted by Gasteiger charge is 2.32. The molecule has 11 amide bonds. The Kier molecular flexibility index (Phi) is 22.2. The van der Waals surface area contributed by atoms with Gasteiger partial charge in [-0.3, -0.25) is 52.7 Å². The van der Waals surface area contributed by atoms with E-state index in [0.717, 1.165) is 12.6 Å². The van der Waals surface area contributed by atoms with Crippen LogP contribution in [0.1, 0.15) is 119 Å². The van der Waals surface area contributed by atoms with Crippen molar-refractivity contribution in [1.29, 1.82) is 0 Å². The SMILES string of the molecule is CCCNC(=O)CCNC(=O)c1nc(NC(=O)c2cc(NC(=O)CCNC(=O)c3nc(NC(=O)CCCNC(=O)c4cc(NC(=O)c5nc(NC(=O)CCNC(=O)c6cc(NC(=O)c7nccn7C)cn6C)cn5CC(F)(F)F)cn4C)cn3C)cn2C)cn1C. The van der Waals surface area contributed by atoms with E-state index in [4.69, 9.17) is 0 Å². The molecule has 0 saturated carbocycles. The maximum atomic E-state index is 13.6. The summed E-state index contributed by atoms with van der Waals surface area (Å²) in [6.07, 6.45) is 6.60. The molecule has 0 unspecified atom stereocenters. The van der Waals surface area contributed by atoms with Crippen LogP contribution in [0.4, 0.5) is 47.7 Å². The Balaban J connectivity index is 0.801. The highest BCUT2D eigenvalue weighted by molar-refractivity contribution is 6.06. The average Bonchev–Trinajstić information content (AvgIpc) is 1.78. The number of carbonyl (C=O) groups excluding carboxylic acids is 11. The molecule has 7 rings (SSSR count). The first-order valence-electron chi connectivity index (χ1n) is 28.0. The normalized spacial score (nSPS) is 11.1. The van der Waals surface area contributed by atoms with Crippen molar-refractivity contribution < 1.29 is 65.9 Å². The molecule has 36 heteroatoms. The van der Waals surface area contributed by atoms with Gasteiger partial charge in [-0.05, 0) is 31.0 Å². The largest absolute Gasteiger partial charge is 0.406 e. The van der Waals surface area contributed by atoms with Crippen LogP contribution < -0.4 is 58.5 Å². The van der Waals surface area contributed by atoms with E-state index >= 15 is 0 Å². The standard InChI is InChI=1S/C55H67F3N22O11/c1-8-14-59-40(81)11-16-63-52(89)46-71-38(28-79(46)7)73-50(87)36-21-31(24-77(36)5)65-42(83)12-18-64-51(88)45-70-37(27-78(45)6)68-41(82)10-9-15-61-48(85)34-23-33(26-75(34)3)67-54(91)47-72-39(29-80(47)30-55(56,57)58)69-43(84)13-17-62-49(86)35-22-32(25-76(35)4)66-53(90)44-60-19-20-74(44)2/h19-29H,8-18,30H2,1-7H3,(H,59,81)(H,61,85)(H,62,86)(H,63,89)(H,64,88)(H,65,83)(H,66,90)(H,67,91)(H,68,82)(H,69,84)(H,73,87). The zero-order valence-electron chi connectivity index (χ0n) is 50.4. The number of imidazole rings is 4. The summed E-state index contributed by atoms with van der Waals surface area (Å²) in [6, 6.07) is 4.09. The van der Waals surface area contributed by atoms with Gasteiger partial charge in [0.25, 0.3) is 41.4 Å². The molecule has 11 N–H and O–H groups in total. The van der Waals surface area contributed by atoms with Gasteiger partial charge >= 0.3 is 6.18 Å². The molecule has 7 aromatic rings. The number of hydrogen-bond acceptors (Lipinski definition) is 15. The van der Waals surface area contributed by atoms with Crippen molar-refractivity contribution in [3.8, 4) is 0 Å². The molecule has 33 nitrogen and oxygen atoms in total. The third-order valence-corrected chi connectivity index (χ3v) is 13.2. The molecular weight excluding hydrogens is 1200 g/mol. The monoisotopic (exact) mass is 1270 g/mol. The fourth-order valence-corrected chi connectivity index (χ4v) is 8.81. The zero-order valence-corrected chi connectivity index (χ0v) is 50.4. The van der Waals surface area contributed by atoms with Gasteiger partial charge < -0.3 is 90.5 Å². The van der Waals surface area contributed by atoms with Crippen LogP contribution in [0, 0.1) is 0 Å². The fraction of sp³-hybridized carbons (Fsp3) is 0.364. The predicted octanol–water partition coefficient (Wildman–Crippen LogP) is 1.73. The third-order valence-electron chi connectivity index (χ3n) is 13.2.